The second-order valence-electron chi connectivity index (χ2n) is 6.55. The van der Waals surface area contributed by atoms with Crippen LogP contribution < -0.4 is 10.6 Å². The summed E-state index contributed by atoms with van der Waals surface area (Å²) in [4.78, 5) is 23.7. The Labute approximate surface area is 132 Å². The van der Waals surface area contributed by atoms with Crippen molar-refractivity contribution in [3.05, 3.63) is 29.8 Å². The number of amides is 2. The zero-order valence-corrected chi connectivity index (χ0v) is 13.8. The minimum atomic E-state index is -0.680. The standard InChI is InChI=1S/C17H26N2O3/c1-12(2)13-6-5-7-14(10-13)19-16(22)15(21)18-11-17(3,4)8-9-20/h5-7,10,12,20H,8-9,11H2,1-4H3,(H,18,21)(H,19,22). The largest absolute Gasteiger partial charge is 0.396 e. The Morgan fingerprint density at radius 2 is 1.91 bits per heavy atom. The Bertz CT molecular complexity index is 524. The van der Waals surface area contributed by atoms with Gasteiger partial charge in [0, 0.05) is 18.8 Å². The number of hydrogen-bond donors (Lipinski definition) is 3. The third kappa shape index (κ3) is 5.85. The lowest BCUT2D eigenvalue weighted by Crippen LogP contribution is -2.40. The fraction of sp³-hybridized carbons (Fsp3) is 0.529. The summed E-state index contributed by atoms with van der Waals surface area (Å²) in [6, 6.07) is 7.46. The lowest BCUT2D eigenvalue weighted by atomic mass is 9.90. The first-order valence-corrected chi connectivity index (χ1v) is 7.55. The smallest absolute Gasteiger partial charge is 0.313 e. The molecule has 3 N–H and O–H groups in total. The summed E-state index contributed by atoms with van der Waals surface area (Å²) in [6.07, 6.45) is 0.561. The van der Waals surface area contributed by atoms with E-state index < -0.39 is 11.8 Å². The summed E-state index contributed by atoms with van der Waals surface area (Å²) in [5.41, 5.74) is 1.46. The van der Waals surface area contributed by atoms with Gasteiger partial charge in [0.1, 0.15) is 0 Å². The highest BCUT2D eigenvalue weighted by Crippen LogP contribution is 2.19. The van der Waals surface area contributed by atoms with Crippen molar-refractivity contribution in [1.82, 2.24) is 5.32 Å². The van der Waals surface area contributed by atoms with Gasteiger partial charge in [-0.1, -0.05) is 39.8 Å². The summed E-state index contributed by atoms with van der Waals surface area (Å²) in [5, 5.41) is 14.2. The zero-order valence-electron chi connectivity index (χ0n) is 13.8. The van der Waals surface area contributed by atoms with Crippen molar-refractivity contribution < 1.29 is 14.7 Å². The summed E-state index contributed by atoms with van der Waals surface area (Å²) in [7, 11) is 0. The van der Waals surface area contributed by atoms with E-state index in [9.17, 15) is 9.59 Å². The van der Waals surface area contributed by atoms with Crippen LogP contribution in [0.5, 0.6) is 0 Å². The van der Waals surface area contributed by atoms with Gasteiger partial charge in [-0.05, 0) is 35.4 Å². The van der Waals surface area contributed by atoms with E-state index in [0.29, 0.717) is 24.6 Å². The molecule has 1 rings (SSSR count). The van der Waals surface area contributed by atoms with Crippen LogP contribution in [0.4, 0.5) is 5.69 Å². The molecule has 0 saturated carbocycles. The molecule has 1 aromatic carbocycles. The molecule has 1 aromatic rings. The first kappa shape index (κ1) is 18.2. The molecule has 5 heteroatoms. The molecule has 0 saturated heterocycles. The Hall–Kier alpha value is -1.88. The van der Waals surface area contributed by atoms with Gasteiger partial charge in [0.25, 0.3) is 0 Å². The van der Waals surface area contributed by atoms with Gasteiger partial charge in [-0.25, -0.2) is 0 Å². The Morgan fingerprint density at radius 1 is 1.23 bits per heavy atom. The highest BCUT2D eigenvalue weighted by molar-refractivity contribution is 6.39. The number of rotatable bonds is 6. The van der Waals surface area contributed by atoms with Gasteiger partial charge < -0.3 is 15.7 Å². The monoisotopic (exact) mass is 306 g/mol. The fourth-order valence-corrected chi connectivity index (χ4v) is 1.95. The molecule has 0 unspecified atom stereocenters. The van der Waals surface area contributed by atoms with E-state index in [1.807, 2.05) is 32.0 Å². The number of benzene rings is 1. The van der Waals surface area contributed by atoms with Crippen LogP contribution in [0.1, 0.15) is 45.6 Å². The SMILES string of the molecule is CC(C)c1cccc(NC(=O)C(=O)NCC(C)(C)CCO)c1. The summed E-state index contributed by atoms with van der Waals surface area (Å²) in [6.45, 7) is 8.37. The van der Waals surface area contributed by atoms with Gasteiger partial charge in [-0.2, -0.15) is 0 Å². The van der Waals surface area contributed by atoms with Crippen molar-refractivity contribution in [3.63, 3.8) is 0 Å². The van der Waals surface area contributed by atoms with Crippen molar-refractivity contribution >= 4 is 17.5 Å². The average molecular weight is 306 g/mol. The quantitative estimate of drug-likeness (QED) is 0.706. The van der Waals surface area contributed by atoms with Gasteiger partial charge in [0.05, 0.1) is 0 Å². The van der Waals surface area contributed by atoms with Crippen LogP contribution in [0.25, 0.3) is 0 Å². The molecule has 0 atom stereocenters. The normalized spacial score (nSPS) is 11.4. The second kappa shape index (κ2) is 7.94. The first-order chi connectivity index (χ1) is 10.2. The van der Waals surface area contributed by atoms with Gasteiger partial charge in [0.2, 0.25) is 0 Å². The molecule has 0 heterocycles. The number of nitrogens with one attached hydrogen (secondary N) is 2. The molecule has 22 heavy (non-hydrogen) atoms. The number of aliphatic hydroxyl groups excluding tert-OH is 1. The molecule has 5 nitrogen and oxygen atoms in total. The van der Waals surface area contributed by atoms with Gasteiger partial charge in [0.15, 0.2) is 0 Å². The van der Waals surface area contributed by atoms with E-state index in [0.717, 1.165) is 5.56 Å². The molecule has 0 bridgehead atoms. The molecule has 0 fully saturated rings. The van der Waals surface area contributed by atoms with Crippen LogP contribution in [0.2, 0.25) is 0 Å². The minimum absolute atomic E-state index is 0.0526. The summed E-state index contributed by atoms with van der Waals surface area (Å²) in [5.74, 6) is -0.994. The lowest BCUT2D eigenvalue weighted by molar-refractivity contribution is -0.136. The molecule has 0 radical (unpaired) electrons. The van der Waals surface area contributed by atoms with Gasteiger partial charge in [-0.3, -0.25) is 9.59 Å². The fourth-order valence-electron chi connectivity index (χ4n) is 1.95. The molecular formula is C17H26N2O3. The van der Waals surface area contributed by atoms with Gasteiger partial charge in [-0.15, -0.1) is 0 Å². The van der Waals surface area contributed by atoms with E-state index in [2.05, 4.69) is 24.5 Å². The molecule has 2 amide bonds. The van der Waals surface area contributed by atoms with Crippen molar-refractivity contribution in [1.29, 1.82) is 0 Å². The number of anilines is 1. The van der Waals surface area contributed by atoms with Crippen LogP contribution in [0.3, 0.4) is 0 Å². The number of aliphatic hydroxyl groups is 1. The maximum Gasteiger partial charge on any atom is 0.313 e. The molecule has 0 aliphatic carbocycles. The third-order valence-electron chi connectivity index (χ3n) is 3.53. The van der Waals surface area contributed by atoms with Gasteiger partial charge >= 0.3 is 11.8 Å². The topological polar surface area (TPSA) is 78.4 Å². The van der Waals surface area contributed by atoms with Crippen molar-refractivity contribution in [2.24, 2.45) is 5.41 Å². The van der Waals surface area contributed by atoms with Crippen molar-refractivity contribution in [2.75, 3.05) is 18.5 Å². The molecule has 0 aliphatic heterocycles. The van der Waals surface area contributed by atoms with Crippen LogP contribution in [-0.4, -0.2) is 30.1 Å². The van der Waals surface area contributed by atoms with E-state index in [1.165, 1.54) is 0 Å². The second-order valence-corrected chi connectivity index (χ2v) is 6.55. The van der Waals surface area contributed by atoms with E-state index in [4.69, 9.17) is 5.11 Å². The van der Waals surface area contributed by atoms with Crippen molar-refractivity contribution in [2.45, 2.75) is 40.0 Å². The van der Waals surface area contributed by atoms with E-state index in [-0.39, 0.29) is 12.0 Å². The molecule has 122 valence electrons. The van der Waals surface area contributed by atoms with Crippen LogP contribution >= 0.6 is 0 Å². The average Bonchev–Trinajstić information content (AvgIpc) is 2.45. The Morgan fingerprint density at radius 3 is 2.50 bits per heavy atom. The van der Waals surface area contributed by atoms with Crippen LogP contribution in [-0.2, 0) is 9.59 Å². The first-order valence-electron chi connectivity index (χ1n) is 7.55. The summed E-state index contributed by atoms with van der Waals surface area (Å²) >= 11 is 0. The minimum Gasteiger partial charge on any atom is -0.396 e. The van der Waals surface area contributed by atoms with E-state index >= 15 is 0 Å². The summed E-state index contributed by atoms with van der Waals surface area (Å²) < 4.78 is 0. The predicted octanol–water partition coefficient (Wildman–Crippen LogP) is 2.27. The maximum atomic E-state index is 11.9. The third-order valence-corrected chi connectivity index (χ3v) is 3.53. The molecule has 0 aliphatic rings. The molecular weight excluding hydrogens is 280 g/mol. The Kier molecular flexibility index (Phi) is 6.56. The number of carbonyl (C=O) groups excluding carboxylic acids is 2. The maximum absolute atomic E-state index is 11.9. The highest BCUT2D eigenvalue weighted by Gasteiger charge is 2.21. The number of carbonyl (C=O) groups is 2. The highest BCUT2D eigenvalue weighted by atomic mass is 16.3. The van der Waals surface area contributed by atoms with Crippen LogP contribution in [0.15, 0.2) is 24.3 Å². The predicted molar refractivity (Wildman–Crippen MR) is 87.7 cm³/mol. The van der Waals surface area contributed by atoms with E-state index in [1.54, 1.807) is 6.07 Å². The zero-order chi connectivity index (χ0) is 16.8. The lowest BCUT2D eigenvalue weighted by Gasteiger charge is -2.23. The molecule has 0 spiro atoms. The van der Waals surface area contributed by atoms with Crippen LogP contribution in [0, 0.1) is 5.41 Å². The number of hydrogen-bond acceptors (Lipinski definition) is 3. The van der Waals surface area contributed by atoms with Crippen molar-refractivity contribution in [3.8, 4) is 0 Å². The Balaban J connectivity index is 2.58. The molecule has 0 aromatic heterocycles.